The lowest BCUT2D eigenvalue weighted by atomic mass is 10.1. The van der Waals surface area contributed by atoms with E-state index in [1.807, 2.05) is 30.4 Å². The maximum absolute atomic E-state index is 12.2. The number of aliphatic hydroxyl groups is 1. The van der Waals surface area contributed by atoms with Crippen LogP contribution in [0.4, 0.5) is 5.69 Å². The van der Waals surface area contributed by atoms with Gasteiger partial charge in [0.25, 0.3) is 0 Å². The number of ether oxygens (including phenoxy) is 4. The first-order chi connectivity index (χ1) is 14.3. The molecule has 2 aromatic carbocycles. The van der Waals surface area contributed by atoms with Crippen LogP contribution in [-0.4, -0.2) is 45.6 Å². The molecule has 8 nitrogen and oxygen atoms in total. The summed E-state index contributed by atoms with van der Waals surface area (Å²) in [4.78, 5) is 12.2. The van der Waals surface area contributed by atoms with Crippen LogP contribution in [0.15, 0.2) is 30.3 Å². The lowest BCUT2D eigenvalue weighted by Gasteiger charge is -2.20. The summed E-state index contributed by atoms with van der Waals surface area (Å²) in [7, 11) is 6.16. The van der Waals surface area contributed by atoms with E-state index >= 15 is 0 Å². The molecule has 2 rings (SSSR count). The topological polar surface area (TPSA) is 103 Å². The monoisotopic (exact) mass is 416 g/mol. The molecule has 0 aliphatic heterocycles. The predicted molar refractivity (Wildman–Crippen MR) is 116 cm³/mol. The molecule has 0 aromatic heterocycles. The molecule has 8 heteroatoms. The molecule has 0 saturated heterocycles. The fourth-order valence-electron chi connectivity index (χ4n) is 2.87. The third-order valence-corrected chi connectivity index (χ3v) is 4.36. The third-order valence-electron chi connectivity index (χ3n) is 4.36. The minimum atomic E-state index is -0.794. The number of carbonyl (C=O) groups is 1. The first-order valence-corrected chi connectivity index (χ1v) is 9.26. The van der Waals surface area contributed by atoms with Gasteiger partial charge in [0, 0.05) is 0 Å². The molecule has 0 fully saturated rings. The Morgan fingerprint density at radius 2 is 1.53 bits per heavy atom. The zero-order valence-corrected chi connectivity index (χ0v) is 17.8. The van der Waals surface area contributed by atoms with Crippen molar-refractivity contribution in [2.24, 2.45) is 5.84 Å². The molecular formula is C22H28N2O6. The van der Waals surface area contributed by atoms with Crippen molar-refractivity contribution in [3.05, 3.63) is 41.5 Å². The molecule has 0 radical (unpaired) electrons. The summed E-state index contributed by atoms with van der Waals surface area (Å²) in [5.41, 5.74) is 2.02. The average Bonchev–Trinajstić information content (AvgIpc) is 2.75. The zero-order valence-electron chi connectivity index (χ0n) is 17.8. The van der Waals surface area contributed by atoms with Gasteiger partial charge >= 0.3 is 0 Å². The van der Waals surface area contributed by atoms with Gasteiger partial charge in [-0.05, 0) is 42.3 Å². The van der Waals surface area contributed by atoms with Crippen molar-refractivity contribution >= 4 is 23.7 Å². The van der Waals surface area contributed by atoms with E-state index in [1.54, 1.807) is 33.5 Å². The third kappa shape index (κ3) is 5.43. The summed E-state index contributed by atoms with van der Waals surface area (Å²) in [5.74, 6) is 7.60. The van der Waals surface area contributed by atoms with Crippen molar-refractivity contribution in [3.63, 3.8) is 0 Å². The Kier molecular flexibility index (Phi) is 8.08. The lowest BCUT2D eigenvalue weighted by molar-refractivity contribution is -0.120. The van der Waals surface area contributed by atoms with E-state index in [9.17, 15) is 9.90 Å². The molecule has 0 bridgehead atoms. The number of rotatable bonds is 9. The number of hydrogen-bond acceptors (Lipinski definition) is 7. The maximum Gasteiger partial charge on any atom is 0.243 e. The fraction of sp³-hybridized carbons (Fsp3) is 0.318. The summed E-state index contributed by atoms with van der Waals surface area (Å²) in [6, 6.07) is 8.93. The largest absolute Gasteiger partial charge is 0.495 e. The Morgan fingerprint density at radius 3 is 2.03 bits per heavy atom. The minimum absolute atomic E-state index is 0.0921. The molecular weight excluding hydrogens is 388 g/mol. The van der Waals surface area contributed by atoms with E-state index < -0.39 is 12.0 Å². The average molecular weight is 416 g/mol. The summed E-state index contributed by atoms with van der Waals surface area (Å²) in [6.07, 6.45) is 2.84. The van der Waals surface area contributed by atoms with Crippen molar-refractivity contribution < 1.29 is 28.8 Å². The molecule has 2 aromatic rings. The van der Waals surface area contributed by atoms with Crippen LogP contribution < -0.4 is 29.8 Å². The van der Waals surface area contributed by atoms with Gasteiger partial charge in [-0.3, -0.25) is 4.79 Å². The van der Waals surface area contributed by atoms with Crippen molar-refractivity contribution in [3.8, 4) is 23.0 Å². The zero-order chi connectivity index (χ0) is 22.3. The standard InChI is InChI=1S/C22H28N2O6/c1-14(25)10-21(26)24(23)17-11-15(8-9-18(17)27-2)6-7-16-12-19(28-3)22(30-5)20(13-16)29-4/h6-9,11-14,25H,10,23H2,1-5H3/b7-6-/t14-/m1/s1. The Morgan fingerprint density at radius 1 is 0.967 bits per heavy atom. The van der Waals surface area contributed by atoms with Crippen LogP contribution in [0.3, 0.4) is 0 Å². The summed E-state index contributed by atoms with van der Waals surface area (Å²) >= 11 is 0. The molecule has 0 aliphatic rings. The van der Waals surface area contributed by atoms with Gasteiger partial charge < -0.3 is 24.1 Å². The van der Waals surface area contributed by atoms with E-state index in [0.717, 1.165) is 16.1 Å². The Hall–Kier alpha value is -3.23. The van der Waals surface area contributed by atoms with E-state index in [4.69, 9.17) is 24.8 Å². The number of hydrogen-bond donors (Lipinski definition) is 2. The van der Waals surface area contributed by atoms with E-state index in [2.05, 4.69) is 0 Å². The van der Waals surface area contributed by atoms with E-state index in [0.29, 0.717) is 28.7 Å². The van der Waals surface area contributed by atoms with Crippen molar-refractivity contribution in [2.75, 3.05) is 33.4 Å². The lowest BCUT2D eigenvalue weighted by Crippen LogP contribution is -2.39. The Balaban J connectivity index is 2.37. The highest BCUT2D eigenvalue weighted by atomic mass is 16.5. The van der Waals surface area contributed by atoms with Gasteiger partial charge in [0.2, 0.25) is 11.7 Å². The van der Waals surface area contributed by atoms with E-state index in [-0.39, 0.29) is 6.42 Å². The molecule has 0 spiro atoms. The highest BCUT2D eigenvalue weighted by molar-refractivity contribution is 5.94. The van der Waals surface area contributed by atoms with Gasteiger partial charge in [0.15, 0.2) is 11.5 Å². The maximum atomic E-state index is 12.2. The number of amides is 1. The van der Waals surface area contributed by atoms with Gasteiger partial charge in [-0.25, -0.2) is 10.9 Å². The number of benzene rings is 2. The minimum Gasteiger partial charge on any atom is -0.495 e. The van der Waals surface area contributed by atoms with Crippen LogP contribution in [0.1, 0.15) is 24.5 Å². The van der Waals surface area contributed by atoms with Gasteiger partial charge in [0.05, 0.1) is 41.0 Å². The normalized spacial score (nSPS) is 11.8. The fourth-order valence-corrected chi connectivity index (χ4v) is 2.87. The van der Waals surface area contributed by atoms with Crippen molar-refractivity contribution in [2.45, 2.75) is 19.4 Å². The quantitative estimate of drug-likeness (QED) is 0.280. The number of methoxy groups -OCH3 is 4. The second-order valence-electron chi connectivity index (χ2n) is 6.54. The summed E-state index contributed by atoms with van der Waals surface area (Å²) in [5, 5.41) is 10.4. The Bertz CT molecular complexity index is 885. The van der Waals surface area contributed by atoms with Crippen molar-refractivity contribution in [1.82, 2.24) is 0 Å². The highest BCUT2D eigenvalue weighted by Gasteiger charge is 2.18. The second-order valence-corrected chi connectivity index (χ2v) is 6.54. The van der Waals surface area contributed by atoms with Crippen molar-refractivity contribution in [1.29, 1.82) is 0 Å². The van der Waals surface area contributed by atoms with Crippen LogP contribution in [0.25, 0.3) is 12.2 Å². The van der Waals surface area contributed by atoms with Gasteiger partial charge in [-0.1, -0.05) is 18.2 Å². The number of anilines is 1. The van der Waals surface area contributed by atoms with Crippen LogP contribution in [0.2, 0.25) is 0 Å². The molecule has 0 saturated carbocycles. The van der Waals surface area contributed by atoms with E-state index in [1.165, 1.54) is 14.0 Å². The number of nitrogens with zero attached hydrogens (tertiary/aromatic N) is 1. The highest BCUT2D eigenvalue weighted by Crippen LogP contribution is 2.38. The smallest absolute Gasteiger partial charge is 0.243 e. The van der Waals surface area contributed by atoms with Gasteiger partial charge in [-0.15, -0.1) is 0 Å². The second kappa shape index (κ2) is 10.5. The molecule has 0 aliphatic carbocycles. The summed E-state index contributed by atoms with van der Waals surface area (Å²) in [6.45, 7) is 1.53. The van der Waals surface area contributed by atoms with Crippen LogP contribution in [-0.2, 0) is 4.79 Å². The number of nitrogens with two attached hydrogens (primary N) is 1. The molecule has 162 valence electrons. The molecule has 1 atom stereocenters. The van der Waals surface area contributed by atoms with Crippen LogP contribution in [0.5, 0.6) is 23.0 Å². The molecule has 0 heterocycles. The summed E-state index contributed by atoms with van der Waals surface area (Å²) < 4.78 is 21.4. The van der Waals surface area contributed by atoms with Gasteiger partial charge in [-0.2, -0.15) is 0 Å². The predicted octanol–water partition coefficient (Wildman–Crippen LogP) is 2.87. The van der Waals surface area contributed by atoms with Crippen LogP contribution >= 0.6 is 0 Å². The number of aliphatic hydroxyl groups excluding tert-OH is 1. The molecule has 0 unspecified atom stereocenters. The first-order valence-electron chi connectivity index (χ1n) is 9.26. The van der Waals surface area contributed by atoms with Gasteiger partial charge in [0.1, 0.15) is 11.4 Å². The number of hydrazine groups is 1. The SMILES string of the molecule is COc1ccc(/C=C\c2cc(OC)c(OC)c(OC)c2)cc1N(N)C(=O)C[C@@H](C)O. The van der Waals surface area contributed by atoms with Crippen LogP contribution in [0, 0.1) is 0 Å². The Labute approximate surface area is 176 Å². The molecule has 30 heavy (non-hydrogen) atoms. The molecule has 3 N–H and O–H groups in total. The molecule has 1 amide bonds. The number of carbonyl (C=O) groups excluding carboxylic acids is 1. The first kappa shape index (κ1) is 23.1.